The van der Waals surface area contributed by atoms with Crippen LogP contribution in [-0.4, -0.2) is 31.1 Å². The lowest BCUT2D eigenvalue weighted by Gasteiger charge is -2.17. The van der Waals surface area contributed by atoms with E-state index in [4.69, 9.17) is 10.00 Å². The van der Waals surface area contributed by atoms with Crippen LogP contribution in [0.4, 0.5) is 0 Å². The van der Waals surface area contributed by atoms with Crippen LogP contribution in [0.5, 0.6) is 0 Å². The summed E-state index contributed by atoms with van der Waals surface area (Å²) in [5, 5.41) is 9.14. The standard InChI is InChI=1S/C20H19BrN2O2/c1-25-20(24)19-13-23(11-14-5-7-17(21)8-6-14)12-18(19)16-4-2-3-15(9-16)10-22/h2-9,18-19H,11-13H2,1H3/t18-,19+/m0/s1. The summed E-state index contributed by atoms with van der Waals surface area (Å²) in [5.74, 6) is -0.365. The Balaban J connectivity index is 1.82. The van der Waals surface area contributed by atoms with Gasteiger partial charge in [0.15, 0.2) is 0 Å². The SMILES string of the molecule is COC(=O)[C@@H]1CN(Cc2ccc(Br)cc2)C[C@H]1c1cccc(C#N)c1. The fourth-order valence-corrected chi connectivity index (χ4v) is 3.69. The lowest BCUT2D eigenvalue weighted by molar-refractivity contribution is -0.145. The summed E-state index contributed by atoms with van der Waals surface area (Å²) in [6.45, 7) is 2.21. The molecule has 2 aromatic rings. The van der Waals surface area contributed by atoms with Crippen LogP contribution in [0.3, 0.4) is 0 Å². The molecule has 0 spiro atoms. The highest BCUT2D eigenvalue weighted by molar-refractivity contribution is 9.10. The Kier molecular flexibility index (Phi) is 5.52. The van der Waals surface area contributed by atoms with Crippen molar-refractivity contribution in [3.63, 3.8) is 0 Å². The van der Waals surface area contributed by atoms with E-state index in [9.17, 15) is 4.79 Å². The van der Waals surface area contributed by atoms with Crippen molar-refractivity contribution >= 4 is 21.9 Å². The molecular weight excluding hydrogens is 380 g/mol. The number of benzene rings is 2. The zero-order valence-corrected chi connectivity index (χ0v) is 15.6. The molecule has 128 valence electrons. The van der Waals surface area contributed by atoms with Crippen molar-refractivity contribution in [2.75, 3.05) is 20.2 Å². The van der Waals surface area contributed by atoms with Crippen LogP contribution in [0.2, 0.25) is 0 Å². The largest absolute Gasteiger partial charge is 0.469 e. The van der Waals surface area contributed by atoms with Gasteiger partial charge in [0.1, 0.15) is 0 Å². The number of likely N-dealkylation sites (tertiary alicyclic amines) is 1. The molecule has 0 aromatic heterocycles. The molecule has 0 N–H and O–H groups in total. The van der Waals surface area contributed by atoms with Crippen molar-refractivity contribution in [3.8, 4) is 6.07 Å². The first-order valence-electron chi connectivity index (χ1n) is 8.15. The second-order valence-electron chi connectivity index (χ2n) is 6.29. The van der Waals surface area contributed by atoms with Crippen LogP contribution in [0.15, 0.2) is 53.0 Å². The number of carbonyl (C=O) groups is 1. The van der Waals surface area contributed by atoms with Gasteiger partial charge in [-0.1, -0.05) is 40.2 Å². The minimum Gasteiger partial charge on any atom is -0.469 e. The third-order valence-electron chi connectivity index (χ3n) is 4.66. The molecule has 2 aromatic carbocycles. The van der Waals surface area contributed by atoms with Crippen LogP contribution in [0, 0.1) is 17.2 Å². The Bertz CT molecular complexity index is 798. The Morgan fingerprint density at radius 3 is 2.72 bits per heavy atom. The summed E-state index contributed by atoms with van der Waals surface area (Å²) in [7, 11) is 1.43. The molecule has 5 heteroatoms. The van der Waals surface area contributed by atoms with Gasteiger partial charge < -0.3 is 4.74 Å². The predicted octanol–water partition coefficient (Wildman–Crippen LogP) is 3.71. The Hall–Kier alpha value is -2.16. The molecule has 0 aliphatic carbocycles. The zero-order valence-electron chi connectivity index (χ0n) is 14.0. The second kappa shape index (κ2) is 7.81. The van der Waals surface area contributed by atoms with Crippen LogP contribution in [-0.2, 0) is 16.1 Å². The third kappa shape index (κ3) is 4.09. The molecule has 1 heterocycles. The summed E-state index contributed by atoms with van der Waals surface area (Å²) in [6, 6.07) is 17.9. The van der Waals surface area contributed by atoms with E-state index in [-0.39, 0.29) is 17.8 Å². The van der Waals surface area contributed by atoms with Gasteiger partial charge in [-0.3, -0.25) is 9.69 Å². The molecule has 1 saturated heterocycles. The number of halogens is 1. The number of hydrogen-bond acceptors (Lipinski definition) is 4. The molecule has 4 nitrogen and oxygen atoms in total. The van der Waals surface area contributed by atoms with Gasteiger partial charge >= 0.3 is 5.97 Å². The van der Waals surface area contributed by atoms with E-state index in [1.165, 1.54) is 12.7 Å². The summed E-state index contributed by atoms with van der Waals surface area (Å²) in [6.07, 6.45) is 0. The lowest BCUT2D eigenvalue weighted by Crippen LogP contribution is -2.24. The monoisotopic (exact) mass is 398 g/mol. The lowest BCUT2D eigenvalue weighted by atomic mass is 9.88. The number of esters is 1. The molecule has 25 heavy (non-hydrogen) atoms. The zero-order chi connectivity index (χ0) is 17.8. The number of ether oxygens (including phenoxy) is 1. The van der Waals surface area contributed by atoms with Gasteiger partial charge in [-0.15, -0.1) is 0 Å². The fraction of sp³-hybridized carbons (Fsp3) is 0.300. The van der Waals surface area contributed by atoms with Crippen LogP contribution in [0.25, 0.3) is 0 Å². The van der Waals surface area contributed by atoms with Gasteiger partial charge in [0.2, 0.25) is 0 Å². The van der Waals surface area contributed by atoms with Gasteiger partial charge in [0.25, 0.3) is 0 Å². The highest BCUT2D eigenvalue weighted by atomic mass is 79.9. The summed E-state index contributed by atoms with van der Waals surface area (Å²) < 4.78 is 6.07. The summed E-state index contributed by atoms with van der Waals surface area (Å²) in [5.41, 5.74) is 2.85. The van der Waals surface area contributed by atoms with Gasteiger partial charge in [-0.05, 0) is 35.4 Å². The van der Waals surface area contributed by atoms with Crippen LogP contribution >= 0.6 is 15.9 Å². The molecule has 1 fully saturated rings. The van der Waals surface area contributed by atoms with Crippen molar-refractivity contribution in [1.82, 2.24) is 4.90 Å². The number of methoxy groups -OCH3 is 1. The van der Waals surface area contributed by atoms with Crippen LogP contribution < -0.4 is 0 Å². The van der Waals surface area contributed by atoms with Crippen molar-refractivity contribution in [1.29, 1.82) is 5.26 Å². The molecular formula is C20H19BrN2O2. The van der Waals surface area contributed by atoms with Crippen molar-refractivity contribution in [3.05, 3.63) is 69.7 Å². The molecule has 0 unspecified atom stereocenters. The van der Waals surface area contributed by atoms with Crippen molar-refractivity contribution in [2.45, 2.75) is 12.5 Å². The van der Waals surface area contributed by atoms with E-state index in [0.717, 1.165) is 23.1 Å². The number of rotatable bonds is 4. The Labute approximate surface area is 156 Å². The first kappa shape index (κ1) is 17.7. The van der Waals surface area contributed by atoms with E-state index in [0.29, 0.717) is 12.1 Å². The highest BCUT2D eigenvalue weighted by Crippen LogP contribution is 2.34. The van der Waals surface area contributed by atoms with E-state index < -0.39 is 0 Å². The number of nitriles is 1. The van der Waals surface area contributed by atoms with Crippen molar-refractivity contribution in [2.24, 2.45) is 5.92 Å². The first-order chi connectivity index (χ1) is 12.1. The fourth-order valence-electron chi connectivity index (χ4n) is 3.43. The van der Waals surface area contributed by atoms with E-state index in [1.54, 1.807) is 6.07 Å². The highest BCUT2D eigenvalue weighted by Gasteiger charge is 2.39. The van der Waals surface area contributed by atoms with Gasteiger partial charge in [0, 0.05) is 30.0 Å². The van der Waals surface area contributed by atoms with E-state index in [2.05, 4.69) is 39.0 Å². The molecule has 0 radical (unpaired) electrons. The minimum atomic E-state index is -0.214. The van der Waals surface area contributed by atoms with Gasteiger partial charge in [-0.2, -0.15) is 5.26 Å². The molecule has 1 aliphatic heterocycles. The number of carbonyl (C=O) groups excluding carboxylic acids is 1. The van der Waals surface area contributed by atoms with Gasteiger partial charge in [0.05, 0.1) is 24.7 Å². The number of nitrogens with zero attached hydrogens (tertiary/aromatic N) is 2. The second-order valence-corrected chi connectivity index (χ2v) is 7.21. The first-order valence-corrected chi connectivity index (χ1v) is 8.94. The summed E-state index contributed by atoms with van der Waals surface area (Å²) in [4.78, 5) is 14.5. The molecule has 2 atom stereocenters. The maximum atomic E-state index is 12.3. The minimum absolute atomic E-state index is 0.0381. The van der Waals surface area contributed by atoms with E-state index in [1.807, 2.05) is 30.3 Å². The Morgan fingerprint density at radius 1 is 1.28 bits per heavy atom. The maximum Gasteiger partial charge on any atom is 0.310 e. The molecule has 0 saturated carbocycles. The average molecular weight is 399 g/mol. The Morgan fingerprint density at radius 2 is 2.04 bits per heavy atom. The van der Waals surface area contributed by atoms with Crippen molar-refractivity contribution < 1.29 is 9.53 Å². The molecule has 3 rings (SSSR count). The average Bonchev–Trinajstić information content (AvgIpc) is 3.07. The van der Waals surface area contributed by atoms with Crippen LogP contribution in [0.1, 0.15) is 22.6 Å². The predicted molar refractivity (Wildman–Crippen MR) is 98.8 cm³/mol. The molecule has 1 aliphatic rings. The normalized spacial score (nSPS) is 20.2. The maximum absolute atomic E-state index is 12.3. The number of hydrogen-bond donors (Lipinski definition) is 0. The summed E-state index contributed by atoms with van der Waals surface area (Å²) >= 11 is 3.45. The quantitative estimate of drug-likeness (QED) is 0.736. The van der Waals surface area contributed by atoms with E-state index >= 15 is 0 Å². The topological polar surface area (TPSA) is 53.3 Å². The molecule has 0 bridgehead atoms. The smallest absolute Gasteiger partial charge is 0.310 e. The third-order valence-corrected chi connectivity index (χ3v) is 5.19. The van der Waals surface area contributed by atoms with Gasteiger partial charge in [-0.25, -0.2) is 0 Å². The molecule has 0 amide bonds.